The SMILES string of the molecule is Cc1cc(C(=O)CN2CCN(C(=O)OCc3ccccc3)CC2)c(C)n1C1CC1. The van der Waals surface area contributed by atoms with Gasteiger partial charge in [0.25, 0.3) is 0 Å². The molecule has 0 unspecified atom stereocenters. The average Bonchev–Trinajstić information content (AvgIpc) is 3.51. The van der Waals surface area contributed by atoms with Crippen molar-refractivity contribution < 1.29 is 14.3 Å². The van der Waals surface area contributed by atoms with E-state index in [1.807, 2.05) is 36.4 Å². The average molecular weight is 396 g/mol. The molecule has 2 fully saturated rings. The molecule has 2 aromatic rings. The number of rotatable bonds is 6. The van der Waals surface area contributed by atoms with Gasteiger partial charge in [0.2, 0.25) is 0 Å². The zero-order valence-electron chi connectivity index (χ0n) is 17.3. The first-order valence-electron chi connectivity index (χ1n) is 10.4. The van der Waals surface area contributed by atoms with E-state index in [1.54, 1.807) is 4.90 Å². The number of piperazine rings is 1. The van der Waals surface area contributed by atoms with Crippen LogP contribution in [0.5, 0.6) is 0 Å². The molecule has 1 aliphatic carbocycles. The summed E-state index contributed by atoms with van der Waals surface area (Å²) < 4.78 is 7.73. The lowest BCUT2D eigenvalue weighted by atomic mass is 10.1. The van der Waals surface area contributed by atoms with Gasteiger partial charge in [0.15, 0.2) is 5.78 Å². The van der Waals surface area contributed by atoms with Crippen LogP contribution in [0.1, 0.15) is 46.2 Å². The number of hydrogen-bond donors (Lipinski definition) is 0. The van der Waals surface area contributed by atoms with Crippen molar-refractivity contribution in [2.75, 3.05) is 32.7 Å². The molecular formula is C23H29N3O3. The molecule has 4 rings (SSSR count). The Balaban J connectivity index is 1.26. The number of ether oxygens (including phenoxy) is 1. The summed E-state index contributed by atoms with van der Waals surface area (Å²) in [5.41, 5.74) is 4.10. The zero-order valence-corrected chi connectivity index (χ0v) is 17.3. The lowest BCUT2D eigenvalue weighted by Gasteiger charge is -2.33. The number of benzene rings is 1. The van der Waals surface area contributed by atoms with Crippen molar-refractivity contribution in [1.82, 2.24) is 14.4 Å². The van der Waals surface area contributed by atoms with Gasteiger partial charge in [-0.05, 0) is 38.3 Å². The summed E-state index contributed by atoms with van der Waals surface area (Å²) in [4.78, 5) is 29.0. The summed E-state index contributed by atoms with van der Waals surface area (Å²) in [6.07, 6.45) is 2.14. The fraction of sp³-hybridized carbons (Fsp3) is 0.478. The molecule has 0 N–H and O–H groups in total. The number of Topliss-reactive ketones (excluding diaryl/α,β-unsaturated/α-hetero) is 1. The van der Waals surface area contributed by atoms with Crippen molar-refractivity contribution in [3.8, 4) is 0 Å². The van der Waals surface area contributed by atoms with Gasteiger partial charge in [0, 0.05) is 49.2 Å². The second kappa shape index (κ2) is 8.41. The van der Waals surface area contributed by atoms with Gasteiger partial charge in [-0.1, -0.05) is 30.3 Å². The van der Waals surface area contributed by atoms with Crippen LogP contribution >= 0.6 is 0 Å². The molecule has 2 aliphatic rings. The lowest BCUT2D eigenvalue weighted by Crippen LogP contribution is -2.50. The smallest absolute Gasteiger partial charge is 0.410 e. The fourth-order valence-corrected chi connectivity index (χ4v) is 4.14. The van der Waals surface area contributed by atoms with Crippen LogP contribution in [-0.4, -0.2) is 59.0 Å². The van der Waals surface area contributed by atoms with E-state index in [2.05, 4.69) is 23.3 Å². The predicted molar refractivity (Wildman–Crippen MR) is 111 cm³/mol. The van der Waals surface area contributed by atoms with E-state index in [-0.39, 0.29) is 18.5 Å². The van der Waals surface area contributed by atoms with Crippen molar-refractivity contribution >= 4 is 11.9 Å². The molecule has 1 saturated carbocycles. The van der Waals surface area contributed by atoms with Gasteiger partial charge in [-0.25, -0.2) is 4.79 Å². The second-order valence-corrected chi connectivity index (χ2v) is 8.11. The van der Waals surface area contributed by atoms with Crippen molar-refractivity contribution in [1.29, 1.82) is 0 Å². The molecular weight excluding hydrogens is 366 g/mol. The van der Waals surface area contributed by atoms with Crippen molar-refractivity contribution in [2.24, 2.45) is 0 Å². The Hall–Kier alpha value is -2.60. The molecule has 1 aromatic heterocycles. The van der Waals surface area contributed by atoms with Crippen molar-refractivity contribution in [3.05, 3.63) is 58.9 Å². The maximum atomic E-state index is 12.9. The Morgan fingerprint density at radius 1 is 1.03 bits per heavy atom. The van der Waals surface area contributed by atoms with Crippen molar-refractivity contribution in [2.45, 2.75) is 39.3 Å². The van der Waals surface area contributed by atoms with Gasteiger partial charge >= 0.3 is 6.09 Å². The number of ketones is 1. The Morgan fingerprint density at radius 2 is 1.72 bits per heavy atom. The normalized spacial score (nSPS) is 17.4. The third kappa shape index (κ3) is 4.53. The number of nitrogens with zero attached hydrogens (tertiary/aromatic N) is 3. The van der Waals surface area contributed by atoms with Crippen LogP contribution in [0.3, 0.4) is 0 Å². The highest BCUT2D eigenvalue weighted by Gasteiger charge is 2.29. The first-order chi connectivity index (χ1) is 14.0. The van der Waals surface area contributed by atoms with Gasteiger partial charge in [-0.2, -0.15) is 0 Å². The third-order valence-electron chi connectivity index (χ3n) is 5.90. The van der Waals surface area contributed by atoms with E-state index in [0.717, 1.165) is 16.8 Å². The van der Waals surface area contributed by atoms with E-state index in [9.17, 15) is 9.59 Å². The molecule has 6 nitrogen and oxygen atoms in total. The highest BCUT2D eigenvalue weighted by atomic mass is 16.6. The number of amides is 1. The first-order valence-corrected chi connectivity index (χ1v) is 10.4. The monoisotopic (exact) mass is 395 g/mol. The summed E-state index contributed by atoms with van der Waals surface area (Å²) in [7, 11) is 0. The molecule has 1 aliphatic heterocycles. The Morgan fingerprint density at radius 3 is 2.38 bits per heavy atom. The first kappa shape index (κ1) is 19.7. The number of hydrogen-bond acceptors (Lipinski definition) is 4. The lowest BCUT2D eigenvalue weighted by molar-refractivity contribution is 0.0678. The highest BCUT2D eigenvalue weighted by Crippen LogP contribution is 2.38. The molecule has 2 heterocycles. The molecule has 1 aromatic carbocycles. The van der Waals surface area contributed by atoms with Crippen LogP contribution < -0.4 is 0 Å². The fourth-order valence-electron chi connectivity index (χ4n) is 4.14. The van der Waals surface area contributed by atoms with E-state index in [4.69, 9.17) is 4.74 Å². The largest absolute Gasteiger partial charge is 0.445 e. The third-order valence-corrected chi connectivity index (χ3v) is 5.90. The van der Waals surface area contributed by atoms with E-state index < -0.39 is 0 Å². The van der Waals surface area contributed by atoms with Crippen LogP contribution in [0, 0.1) is 13.8 Å². The molecule has 1 amide bonds. The molecule has 0 atom stereocenters. The molecule has 0 spiro atoms. The Bertz CT molecular complexity index is 878. The van der Waals surface area contributed by atoms with Gasteiger partial charge in [0.1, 0.15) is 6.61 Å². The highest BCUT2D eigenvalue weighted by molar-refractivity contribution is 5.99. The van der Waals surface area contributed by atoms with E-state index in [0.29, 0.717) is 38.8 Å². The minimum Gasteiger partial charge on any atom is -0.445 e. The quantitative estimate of drug-likeness (QED) is 0.702. The van der Waals surface area contributed by atoms with Gasteiger partial charge in [0.05, 0.1) is 6.54 Å². The van der Waals surface area contributed by atoms with Gasteiger partial charge < -0.3 is 14.2 Å². The van der Waals surface area contributed by atoms with Crippen molar-refractivity contribution in [3.63, 3.8) is 0 Å². The van der Waals surface area contributed by atoms with E-state index >= 15 is 0 Å². The predicted octanol–water partition coefficient (Wildman–Crippen LogP) is 3.58. The Kier molecular flexibility index (Phi) is 5.72. The van der Waals surface area contributed by atoms with Crippen LogP contribution in [0.4, 0.5) is 4.79 Å². The number of carbonyl (C=O) groups is 2. The summed E-state index contributed by atoms with van der Waals surface area (Å²) >= 11 is 0. The number of carbonyl (C=O) groups excluding carboxylic acids is 2. The summed E-state index contributed by atoms with van der Waals surface area (Å²) in [5, 5.41) is 0. The topological polar surface area (TPSA) is 54.8 Å². The number of aromatic nitrogens is 1. The van der Waals surface area contributed by atoms with Gasteiger partial charge in [-0.3, -0.25) is 9.69 Å². The van der Waals surface area contributed by atoms with Crippen LogP contribution in [0.15, 0.2) is 36.4 Å². The van der Waals surface area contributed by atoms with Crippen LogP contribution in [-0.2, 0) is 11.3 Å². The molecule has 1 saturated heterocycles. The minimum atomic E-state index is -0.284. The minimum absolute atomic E-state index is 0.171. The van der Waals surface area contributed by atoms with Crippen LogP contribution in [0.25, 0.3) is 0 Å². The second-order valence-electron chi connectivity index (χ2n) is 8.11. The molecule has 0 bridgehead atoms. The Labute approximate surface area is 172 Å². The molecule has 29 heavy (non-hydrogen) atoms. The zero-order chi connectivity index (χ0) is 20.4. The summed E-state index contributed by atoms with van der Waals surface area (Å²) in [5.74, 6) is 0.171. The molecule has 154 valence electrons. The maximum Gasteiger partial charge on any atom is 0.410 e. The molecule has 0 radical (unpaired) electrons. The number of aryl methyl sites for hydroxylation is 1. The maximum absolute atomic E-state index is 12.9. The van der Waals surface area contributed by atoms with Crippen LogP contribution in [0.2, 0.25) is 0 Å². The summed E-state index contributed by atoms with van der Waals surface area (Å²) in [6, 6.07) is 12.3. The molecule has 6 heteroatoms. The standard InChI is InChI=1S/C23H29N3O3/c1-17-14-21(18(2)26(17)20-8-9-20)22(27)15-24-10-12-25(13-11-24)23(28)29-16-19-6-4-3-5-7-19/h3-7,14,20H,8-13,15-16H2,1-2H3. The van der Waals surface area contributed by atoms with Gasteiger partial charge in [-0.15, -0.1) is 0 Å². The summed E-state index contributed by atoms with van der Waals surface area (Å²) in [6.45, 7) is 7.38. The van der Waals surface area contributed by atoms with E-state index in [1.165, 1.54) is 18.5 Å².